The Labute approximate surface area is 188 Å². The Morgan fingerprint density at radius 3 is 2.58 bits per heavy atom. The van der Waals surface area contributed by atoms with Crippen LogP contribution in [0.25, 0.3) is 11.3 Å². The molecule has 0 unspecified atom stereocenters. The number of ether oxygens (including phenoxy) is 1. The lowest BCUT2D eigenvalue weighted by Crippen LogP contribution is -2.27. The summed E-state index contributed by atoms with van der Waals surface area (Å²) >= 11 is 2.78. The first-order valence-electron chi connectivity index (χ1n) is 9.37. The molecule has 0 spiro atoms. The third-order valence-electron chi connectivity index (χ3n) is 4.15. The summed E-state index contributed by atoms with van der Waals surface area (Å²) in [4.78, 5) is 32.6. The Kier molecular flexibility index (Phi) is 8.15. The van der Waals surface area contributed by atoms with Crippen LogP contribution in [-0.2, 0) is 4.79 Å². The second-order valence-corrected chi connectivity index (χ2v) is 8.37. The maximum atomic E-state index is 12.3. The van der Waals surface area contributed by atoms with Crippen molar-refractivity contribution < 1.29 is 9.53 Å². The zero-order chi connectivity index (χ0) is 22.1. The van der Waals surface area contributed by atoms with Crippen molar-refractivity contribution in [2.24, 2.45) is 0 Å². The maximum Gasteiger partial charge on any atom is 0.270 e. The highest BCUT2D eigenvalue weighted by Crippen LogP contribution is 2.24. The molecule has 31 heavy (non-hydrogen) atoms. The molecule has 3 aromatic rings. The standard InChI is InChI=1S/C22H20N4O3S2/c1-29-16-9-7-15(8-10-16)20-18(13-23)21(28)26-22(25-20)31-14-19(27)24-11-12-30-17-5-3-2-4-6-17/h2-10H,11-12,14H2,1H3,(H,24,27)(H,25,26,28). The van der Waals surface area contributed by atoms with E-state index < -0.39 is 5.56 Å². The number of nitrogens with one attached hydrogen (secondary N) is 2. The molecule has 1 heterocycles. The number of benzene rings is 2. The van der Waals surface area contributed by atoms with Gasteiger partial charge >= 0.3 is 0 Å². The molecular weight excluding hydrogens is 432 g/mol. The number of thioether (sulfide) groups is 2. The van der Waals surface area contributed by atoms with Crippen molar-refractivity contribution in [3.05, 3.63) is 70.5 Å². The summed E-state index contributed by atoms with van der Waals surface area (Å²) in [6.07, 6.45) is 0. The number of hydrogen-bond acceptors (Lipinski definition) is 7. The molecule has 9 heteroatoms. The van der Waals surface area contributed by atoms with Crippen LogP contribution >= 0.6 is 23.5 Å². The summed E-state index contributed by atoms with van der Waals surface area (Å²) in [5.74, 6) is 1.36. The van der Waals surface area contributed by atoms with Gasteiger partial charge < -0.3 is 15.0 Å². The molecule has 158 valence electrons. The molecule has 0 saturated heterocycles. The van der Waals surface area contributed by atoms with Crippen LogP contribution in [0.2, 0.25) is 0 Å². The van der Waals surface area contributed by atoms with Gasteiger partial charge in [-0.05, 0) is 36.4 Å². The van der Waals surface area contributed by atoms with E-state index in [9.17, 15) is 14.9 Å². The zero-order valence-electron chi connectivity index (χ0n) is 16.8. The van der Waals surface area contributed by atoms with Crippen molar-refractivity contribution in [3.63, 3.8) is 0 Å². The molecule has 0 atom stereocenters. The lowest BCUT2D eigenvalue weighted by atomic mass is 10.1. The van der Waals surface area contributed by atoms with Gasteiger partial charge in [0.15, 0.2) is 5.16 Å². The van der Waals surface area contributed by atoms with Crippen LogP contribution < -0.4 is 15.6 Å². The Morgan fingerprint density at radius 1 is 1.16 bits per heavy atom. The quantitative estimate of drug-likeness (QED) is 0.291. The van der Waals surface area contributed by atoms with Gasteiger partial charge in [0.25, 0.3) is 5.56 Å². The molecule has 7 nitrogen and oxygen atoms in total. The Balaban J connectivity index is 1.59. The summed E-state index contributed by atoms with van der Waals surface area (Å²) in [5.41, 5.74) is 0.283. The molecule has 2 aromatic carbocycles. The summed E-state index contributed by atoms with van der Waals surface area (Å²) in [7, 11) is 1.56. The number of nitrogens with zero attached hydrogens (tertiary/aromatic N) is 2. The van der Waals surface area contributed by atoms with Crippen molar-refractivity contribution in [3.8, 4) is 23.1 Å². The predicted octanol–water partition coefficient (Wildman–Crippen LogP) is 3.32. The number of amides is 1. The van der Waals surface area contributed by atoms with Crippen LogP contribution in [0.3, 0.4) is 0 Å². The van der Waals surface area contributed by atoms with Gasteiger partial charge in [0.05, 0.1) is 18.6 Å². The fourth-order valence-electron chi connectivity index (χ4n) is 2.64. The molecule has 0 radical (unpaired) electrons. The monoisotopic (exact) mass is 452 g/mol. The van der Waals surface area contributed by atoms with E-state index in [2.05, 4.69) is 15.3 Å². The van der Waals surface area contributed by atoms with Crippen molar-refractivity contribution >= 4 is 29.4 Å². The molecule has 0 aliphatic heterocycles. The zero-order valence-corrected chi connectivity index (χ0v) is 18.4. The number of methoxy groups -OCH3 is 1. The van der Waals surface area contributed by atoms with Gasteiger partial charge in [-0.2, -0.15) is 5.26 Å². The van der Waals surface area contributed by atoms with Gasteiger partial charge in [-0.15, -0.1) is 11.8 Å². The average Bonchev–Trinajstić information content (AvgIpc) is 2.81. The average molecular weight is 453 g/mol. The molecule has 0 fully saturated rings. The highest BCUT2D eigenvalue weighted by atomic mass is 32.2. The van der Waals surface area contributed by atoms with Crippen LogP contribution in [0.15, 0.2) is 69.4 Å². The van der Waals surface area contributed by atoms with Crippen LogP contribution in [0.5, 0.6) is 5.75 Å². The molecule has 0 aliphatic rings. The normalized spacial score (nSPS) is 10.3. The van der Waals surface area contributed by atoms with E-state index in [1.54, 1.807) is 43.1 Å². The van der Waals surface area contributed by atoms with Gasteiger partial charge in [0, 0.05) is 22.8 Å². The minimum absolute atomic E-state index is 0.0723. The number of nitriles is 1. The second kappa shape index (κ2) is 11.2. The van der Waals surface area contributed by atoms with Gasteiger partial charge in [0.1, 0.15) is 17.4 Å². The van der Waals surface area contributed by atoms with Gasteiger partial charge in [-0.3, -0.25) is 9.59 Å². The number of hydrogen-bond donors (Lipinski definition) is 2. The van der Waals surface area contributed by atoms with Crippen molar-refractivity contribution in [1.29, 1.82) is 5.26 Å². The largest absolute Gasteiger partial charge is 0.497 e. The smallest absolute Gasteiger partial charge is 0.270 e. The Hall–Kier alpha value is -3.22. The highest BCUT2D eigenvalue weighted by molar-refractivity contribution is 7.99. The number of H-pyrrole nitrogens is 1. The number of rotatable bonds is 9. The first-order valence-corrected chi connectivity index (χ1v) is 11.3. The predicted molar refractivity (Wildman–Crippen MR) is 122 cm³/mol. The van der Waals surface area contributed by atoms with E-state index in [0.29, 0.717) is 17.9 Å². The van der Waals surface area contributed by atoms with E-state index in [-0.39, 0.29) is 28.1 Å². The summed E-state index contributed by atoms with van der Waals surface area (Å²) in [6, 6.07) is 18.8. The minimum Gasteiger partial charge on any atom is -0.497 e. The third-order valence-corrected chi connectivity index (χ3v) is 6.04. The summed E-state index contributed by atoms with van der Waals surface area (Å²) in [6.45, 7) is 0.535. The third kappa shape index (κ3) is 6.38. The van der Waals surface area contributed by atoms with E-state index >= 15 is 0 Å². The maximum absolute atomic E-state index is 12.3. The minimum atomic E-state index is -0.537. The lowest BCUT2D eigenvalue weighted by Gasteiger charge is -2.08. The first kappa shape index (κ1) is 22.5. The number of aromatic nitrogens is 2. The fraction of sp³-hybridized carbons (Fsp3) is 0.182. The topological polar surface area (TPSA) is 108 Å². The van der Waals surface area contributed by atoms with Crippen molar-refractivity contribution in [2.45, 2.75) is 10.1 Å². The van der Waals surface area contributed by atoms with Crippen LogP contribution in [-0.4, -0.2) is 41.0 Å². The van der Waals surface area contributed by atoms with Crippen molar-refractivity contribution in [2.75, 3.05) is 25.2 Å². The molecule has 1 amide bonds. The summed E-state index contributed by atoms with van der Waals surface area (Å²) in [5, 5.41) is 12.5. The highest BCUT2D eigenvalue weighted by Gasteiger charge is 2.14. The number of carbonyl (C=O) groups excluding carboxylic acids is 1. The van der Waals surface area contributed by atoms with E-state index in [1.165, 1.54) is 0 Å². The number of carbonyl (C=O) groups is 1. The van der Waals surface area contributed by atoms with Crippen LogP contribution in [0.1, 0.15) is 5.56 Å². The van der Waals surface area contributed by atoms with Crippen LogP contribution in [0, 0.1) is 11.3 Å². The molecular formula is C22H20N4O3S2. The molecule has 2 N–H and O–H groups in total. The van der Waals surface area contributed by atoms with Gasteiger partial charge in [0.2, 0.25) is 5.91 Å². The molecule has 0 bridgehead atoms. The molecule has 3 rings (SSSR count). The molecule has 1 aromatic heterocycles. The molecule has 0 saturated carbocycles. The van der Waals surface area contributed by atoms with Crippen molar-refractivity contribution in [1.82, 2.24) is 15.3 Å². The lowest BCUT2D eigenvalue weighted by molar-refractivity contribution is -0.118. The van der Waals surface area contributed by atoms with E-state index in [4.69, 9.17) is 4.74 Å². The van der Waals surface area contributed by atoms with Gasteiger partial charge in [-0.25, -0.2) is 4.98 Å². The Morgan fingerprint density at radius 2 is 1.90 bits per heavy atom. The first-order chi connectivity index (χ1) is 15.1. The number of aromatic amines is 1. The van der Waals surface area contributed by atoms with E-state index in [1.807, 2.05) is 36.4 Å². The van der Waals surface area contributed by atoms with E-state index in [0.717, 1.165) is 22.4 Å². The molecule has 0 aliphatic carbocycles. The summed E-state index contributed by atoms with van der Waals surface area (Å²) < 4.78 is 5.14. The fourth-order valence-corrected chi connectivity index (χ4v) is 4.12. The van der Waals surface area contributed by atoms with Gasteiger partial charge in [-0.1, -0.05) is 30.0 Å². The van der Waals surface area contributed by atoms with Crippen LogP contribution in [0.4, 0.5) is 0 Å². The second-order valence-electron chi connectivity index (χ2n) is 6.24. The Bertz CT molecular complexity index is 1130. The SMILES string of the molecule is COc1ccc(-c2nc(SCC(=O)NCCSc3ccccc3)[nH]c(=O)c2C#N)cc1.